The standard InChI is InChI=1S/C54H36N2OSi/c1-4-17-39(18-5-1)58(40-19-6-2-7-20-40,41-21-8-3-9-22-41)53-30-16-26-46-43-24-11-14-28-49(43)56(54(46)53)38-31-33-44-42-23-10-13-27-48(42)55(50(44)36-38)37-32-34-52-47(35-37)45-25-12-15-29-51(45)57-52/h1-36H. The molecule has 0 spiro atoms. The Kier molecular flexibility index (Phi) is 7.25. The Hall–Kier alpha value is -7.40. The van der Waals surface area contributed by atoms with Gasteiger partial charge in [0.15, 0.2) is 8.07 Å². The van der Waals surface area contributed by atoms with E-state index >= 15 is 0 Å². The summed E-state index contributed by atoms with van der Waals surface area (Å²) in [4.78, 5) is 0. The Balaban J connectivity index is 1.20. The zero-order valence-electron chi connectivity index (χ0n) is 31.6. The highest BCUT2D eigenvalue weighted by Gasteiger charge is 2.43. The van der Waals surface area contributed by atoms with Crippen molar-refractivity contribution in [2.45, 2.75) is 0 Å². The first-order valence-electron chi connectivity index (χ1n) is 19.9. The van der Waals surface area contributed by atoms with Gasteiger partial charge in [0.1, 0.15) is 11.2 Å². The molecule has 3 aromatic heterocycles. The molecule has 0 bridgehead atoms. The van der Waals surface area contributed by atoms with Crippen molar-refractivity contribution in [2.24, 2.45) is 0 Å². The Labute approximate surface area is 336 Å². The monoisotopic (exact) mass is 756 g/mol. The van der Waals surface area contributed by atoms with Gasteiger partial charge in [-0.1, -0.05) is 170 Å². The molecule has 58 heavy (non-hydrogen) atoms. The van der Waals surface area contributed by atoms with Crippen molar-refractivity contribution < 1.29 is 4.42 Å². The van der Waals surface area contributed by atoms with E-state index in [-0.39, 0.29) is 0 Å². The van der Waals surface area contributed by atoms with Crippen molar-refractivity contribution in [1.29, 1.82) is 0 Å². The highest BCUT2D eigenvalue weighted by Crippen LogP contribution is 2.38. The van der Waals surface area contributed by atoms with Crippen LogP contribution in [0.1, 0.15) is 0 Å². The molecule has 0 aliphatic heterocycles. The summed E-state index contributed by atoms with van der Waals surface area (Å²) in [6.45, 7) is 0. The molecule has 12 aromatic rings. The van der Waals surface area contributed by atoms with E-state index in [2.05, 4.69) is 215 Å². The Morgan fingerprint density at radius 3 is 1.47 bits per heavy atom. The molecule has 0 saturated carbocycles. The van der Waals surface area contributed by atoms with Crippen molar-refractivity contribution in [1.82, 2.24) is 9.13 Å². The van der Waals surface area contributed by atoms with E-state index in [4.69, 9.17) is 4.42 Å². The fraction of sp³-hybridized carbons (Fsp3) is 0. The first-order valence-corrected chi connectivity index (χ1v) is 21.9. The summed E-state index contributed by atoms with van der Waals surface area (Å²) < 4.78 is 11.3. The van der Waals surface area contributed by atoms with E-state index in [0.717, 1.165) is 38.8 Å². The van der Waals surface area contributed by atoms with Crippen LogP contribution in [-0.4, -0.2) is 17.2 Å². The molecule has 0 aliphatic carbocycles. The number of fused-ring (bicyclic) bond motifs is 9. The van der Waals surface area contributed by atoms with Crippen LogP contribution in [0.3, 0.4) is 0 Å². The third-order valence-electron chi connectivity index (χ3n) is 12.3. The largest absolute Gasteiger partial charge is 0.456 e. The van der Waals surface area contributed by atoms with Gasteiger partial charge in [0.05, 0.1) is 22.1 Å². The zero-order chi connectivity index (χ0) is 38.2. The van der Waals surface area contributed by atoms with Gasteiger partial charge in [-0.05, 0) is 69.3 Å². The van der Waals surface area contributed by atoms with Crippen LogP contribution in [0.5, 0.6) is 0 Å². The van der Waals surface area contributed by atoms with Gasteiger partial charge in [-0.25, -0.2) is 0 Å². The van der Waals surface area contributed by atoms with Crippen LogP contribution in [0.15, 0.2) is 223 Å². The van der Waals surface area contributed by atoms with Crippen molar-refractivity contribution in [3.8, 4) is 11.4 Å². The molecule has 0 unspecified atom stereocenters. The maximum absolute atomic E-state index is 6.27. The number of hydrogen-bond donors (Lipinski definition) is 0. The third kappa shape index (κ3) is 4.67. The number of benzene rings is 9. The minimum atomic E-state index is -2.91. The van der Waals surface area contributed by atoms with Crippen LogP contribution < -0.4 is 20.7 Å². The molecule has 0 amide bonds. The number of nitrogens with zero attached hydrogens (tertiary/aromatic N) is 2. The SMILES string of the molecule is c1ccc([Si](c2ccccc2)(c2ccccc2)c2cccc3c4ccccc4n(-c4ccc5c6ccccc6n(-c6ccc7oc8ccccc8c7c6)c5c4)c23)cc1. The van der Waals surface area contributed by atoms with Gasteiger partial charge < -0.3 is 13.6 Å². The van der Waals surface area contributed by atoms with Gasteiger partial charge in [0.2, 0.25) is 0 Å². The first-order chi connectivity index (χ1) is 28.8. The van der Waals surface area contributed by atoms with Crippen molar-refractivity contribution in [2.75, 3.05) is 0 Å². The van der Waals surface area contributed by atoms with Crippen LogP contribution in [0.2, 0.25) is 0 Å². The van der Waals surface area contributed by atoms with Crippen LogP contribution in [0.4, 0.5) is 0 Å². The summed E-state index contributed by atoms with van der Waals surface area (Å²) >= 11 is 0. The molecule has 0 aliphatic rings. The summed E-state index contributed by atoms with van der Waals surface area (Å²) in [7, 11) is -2.91. The van der Waals surface area contributed by atoms with Crippen LogP contribution in [-0.2, 0) is 0 Å². The van der Waals surface area contributed by atoms with E-state index in [1.807, 2.05) is 12.1 Å². The second kappa shape index (κ2) is 12.8. The second-order valence-electron chi connectivity index (χ2n) is 15.2. The van der Waals surface area contributed by atoms with Gasteiger partial charge in [-0.3, -0.25) is 0 Å². The van der Waals surface area contributed by atoms with E-state index in [9.17, 15) is 0 Å². The summed E-state index contributed by atoms with van der Waals surface area (Å²) in [5, 5.41) is 12.6. The van der Waals surface area contributed by atoms with E-state index in [0.29, 0.717) is 0 Å². The highest BCUT2D eigenvalue weighted by molar-refractivity contribution is 7.20. The van der Waals surface area contributed by atoms with Crippen molar-refractivity contribution in [3.63, 3.8) is 0 Å². The fourth-order valence-corrected chi connectivity index (χ4v) is 14.8. The lowest BCUT2D eigenvalue weighted by Crippen LogP contribution is -2.75. The Morgan fingerprint density at radius 2 is 0.793 bits per heavy atom. The summed E-state index contributed by atoms with van der Waals surface area (Å²) in [5.74, 6) is 0. The third-order valence-corrected chi connectivity index (χ3v) is 17.1. The van der Waals surface area contributed by atoms with Crippen LogP contribution in [0.25, 0.3) is 76.9 Å². The normalized spacial score (nSPS) is 12.1. The summed E-state index contributed by atoms with van der Waals surface area (Å²) in [6, 6.07) is 80.4. The molecule has 0 atom stereocenters. The van der Waals surface area contributed by atoms with Crippen LogP contribution >= 0.6 is 0 Å². The van der Waals surface area contributed by atoms with E-state index in [1.165, 1.54) is 58.8 Å². The molecule has 272 valence electrons. The average Bonchev–Trinajstić information content (AvgIpc) is 3.95. The second-order valence-corrected chi connectivity index (χ2v) is 19.0. The van der Waals surface area contributed by atoms with Gasteiger partial charge >= 0.3 is 0 Å². The molecule has 9 aromatic carbocycles. The quantitative estimate of drug-likeness (QED) is 0.122. The van der Waals surface area contributed by atoms with Crippen molar-refractivity contribution >= 4 is 94.4 Å². The van der Waals surface area contributed by atoms with Gasteiger partial charge in [0, 0.05) is 43.7 Å². The van der Waals surface area contributed by atoms with Gasteiger partial charge in [0.25, 0.3) is 0 Å². The molecule has 0 saturated heterocycles. The number of furan rings is 1. The van der Waals surface area contributed by atoms with Crippen molar-refractivity contribution in [3.05, 3.63) is 218 Å². The minimum absolute atomic E-state index is 0.895. The molecule has 12 rings (SSSR count). The van der Waals surface area contributed by atoms with Gasteiger partial charge in [-0.2, -0.15) is 0 Å². The Morgan fingerprint density at radius 1 is 0.310 bits per heavy atom. The van der Waals surface area contributed by atoms with E-state index in [1.54, 1.807) is 0 Å². The number of hydrogen-bond acceptors (Lipinski definition) is 1. The smallest absolute Gasteiger partial charge is 0.181 e. The topological polar surface area (TPSA) is 23.0 Å². The summed E-state index contributed by atoms with van der Waals surface area (Å²) in [5.41, 5.74) is 8.81. The lowest BCUT2D eigenvalue weighted by Gasteiger charge is -2.35. The fourth-order valence-electron chi connectivity index (χ4n) is 9.85. The Bertz CT molecular complexity index is 3410. The molecule has 0 N–H and O–H groups in total. The molecule has 3 heterocycles. The molecule has 0 radical (unpaired) electrons. The first kappa shape index (κ1) is 32.8. The zero-order valence-corrected chi connectivity index (χ0v) is 32.6. The molecule has 0 fully saturated rings. The van der Waals surface area contributed by atoms with Gasteiger partial charge in [-0.15, -0.1) is 0 Å². The minimum Gasteiger partial charge on any atom is -0.456 e. The lowest BCUT2D eigenvalue weighted by atomic mass is 10.1. The predicted octanol–water partition coefficient (Wildman–Crippen LogP) is 11.2. The predicted molar refractivity (Wildman–Crippen MR) is 246 cm³/mol. The highest BCUT2D eigenvalue weighted by atomic mass is 28.3. The average molecular weight is 757 g/mol. The number of rotatable bonds is 6. The number of aromatic nitrogens is 2. The number of para-hydroxylation sites is 4. The molecular weight excluding hydrogens is 721 g/mol. The van der Waals surface area contributed by atoms with Crippen LogP contribution in [0, 0.1) is 0 Å². The van der Waals surface area contributed by atoms with E-state index < -0.39 is 8.07 Å². The molecular formula is C54H36N2OSi. The maximum Gasteiger partial charge on any atom is 0.181 e. The molecule has 3 nitrogen and oxygen atoms in total. The molecule has 4 heteroatoms. The maximum atomic E-state index is 6.27. The lowest BCUT2D eigenvalue weighted by molar-refractivity contribution is 0.669. The summed E-state index contributed by atoms with van der Waals surface area (Å²) in [6.07, 6.45) is 0.